The molecule has 0 aromatic carbocycles. The Hall–Kier alpha value is -1.89. The van der Waals surface area contributed by atoms with E-state index in [1.54, 1.807) is 7.05 Å². The van der Waals surface area contributed by atoms with Crippen LogP contribution in [0.15, 0.2) is 5.38 Å². The average molecular weight is 293 g/mol. The Bertz CT molecular complexity index is 631. The lowest BCUT2D eigenvalue weighted by molar-refractivity contribution is 0.0931. The minimum Gasteiger partial charge on any atom is -0.395 e. The number of anilines is 1. The number of carbonyl (C=O) groups excluding carboxylic acids is 1. The number of nitrogens with one attached hydrogen (secondary N) is 1. The Morgan fingerprint density at radius 2 is 2.30 bits per heavy atom. The first-order valence-corrected chi connectivity index (χ1v) is 7.36. The molecule has 6 nitrogen and oxygen atoms in total. The zero-order chi connectivity index (χ0) is 14.9. The lowest BCUT2D eigenvalue weighted by Crippen LogP contribution is -2.29. The van der Waals surface area contributed by atoms with Crippen molar-refractivity contribution < 1.29 is 4.79 Å². The van der Waals surface area contributed by atoms with Crippen LogP contribution in [-0.4, -0.2) is 20.7 Å². The van der Waals surface area contributed by atoms with Crippen molar-refractivity contribution in [1.29, 1.82) is 0 Å². The molecule has 2 aromatic heterocycles. The molecule has 7 heteroatoms. The van der Waals surface area contributed by atoms with Gasteiger partial charge in [0.05, 0.1) is 17.4 Å². The van der Waals surface area contributed by atoms with Crippen molar-refractivity contribution in [2.75, 3.05) is 5.73 Å². The zero-order valence-corrected chi connectivity index (χ0v) is 12.9. The maximum Gasteiger partial charge on any atom is 0.272 e. The first-order chi connectivity index (χ1) is 9.43. The topological polar surface area (TPSA) is 85.8 Å². The van der Waals surface area contributed by atoms with Crippen LogP contribution >= 0.6 is 11.3 Å². The molecule has 0 radical (unpaired) electrons. The van der Waals surface area contributed by atoms with Gasteiger partial charge in [0.1, 0.15) is 10.7 Å². The van der Waals surface area contributed by atoms with Crippen molar-refractivity contribution in [3.63, 3.8) is 0 Å². The Morgan fingerprint density at radius 1 is 1.60 bits per heavy atom. The average Bonchev–Trinajstić information content (AvgIpc) is 2.93. The summed E-state index contributed by atoms with van der Waals surface area (Å²) in [4.78, 5) is 16.7. The zero-order valence-electron chi connectivity index (χ0n) is 12.1. The van der Waals surface area contributed by atoms with Gasteiger partial charge in [0, 0.05) is 18.1 Å². The minimum absolute atomic E-state index is 0.152. The van der Waals surface area contributed by atoms with Gasteiger partial charge in [-0.05, 0) is 20.3 Å². The molecule has 0 bridgehead atoms. The summed E-state index contributed by atoms with van der Waals surface area (Å²) < 4.78 is 1.53. The summed E-state index contributed by atoms with van der Waals surface area (Å²) in [5, 5.41) is 10.0. The van der Waals surface area contributed by atoms with Crippen LogP contribution in [0, 0.1) is 6.92 Å². The van der Waals surface area contributed by atoms with E-state index in [0.717, 1.165) is 16.4 Å². The van der Waals surface area contributed by atoms with E-state index in [1.807, 2.05) is 26.2 Å². The summed E-state index contributed by atoms with van der Waals surface area (Å²) >= 11 is 1.53. The monoisotopic (exact) mass is 293 g/mol. The van der Waals surface area contributed by atoms with Crippen LogP contribution in [0.2, 0.25) is 0 Å². The van der Waals surface area contributed by atoms with E-state index in [1.165, 1.54) is 16.0 Å². The number of thiazole rings is 1. The Kier molecular flexibility index (Phi) is 4.08. The molecule has 1 atom stereocenters. The fraction of sp³-hybridized carbons (Fsp3) is 0.462. The number of nitrogens with two attached hydrogens (primary N) is 1. The van der Waals surface area contributed by atoms with Gasteiger partial charge in [-0.25, -0.2) is 4.98 Å². The molecule has 2 heterocycles. The molecule has 0 spiro atoms. The number of hydrogen-bond donors (Lipinski definition) is 2. The summed E-state index contributed by atoms with van der Waals surface area (Å²) in [6, 6.07) is -0.152. The normalized spacial score (nSPS) is 12.4. The minimum atomic E-state index is -0.224. The Labute approximate surface area is 122 Å². The first kappa shape index (κ1) is 14.5. The number of aromatic nitrogens is 3. The highest BCUT2D eigenvalue weighted by molar-refractivity contribution is 7.09. The van der Waals surface area contributed by atoms with E-state index in [-0.39, 0.29) is 11.9 Å². The fourth-order valence-electron chi connectivity index (χ4n) is 2.02. The lowest BCUT2D eigenvalue weighted by Gasteiger charge is -2.11. The van der Waals surface area contributed by atoms with Gasteiger partial charge in [-0.1, -0.05) is 6.92 Å². The molecule has 0 saturated heterocycles. The van der Waals surface area contributed by atoms with E-state index < -0.39 is 0 Å². The van der Waals surface area contributed by atoms with Crippen molar-refractivity contribution >= 4 is 22.9 Å². The number of carbonyl (C=O) groups is 1. The molecule has 0 aliphatic rings. The van der Waals surface area contributed by atoms with Crippen LogP contribution in [0.3, 0.4) is 0 Å². The summed E-state index contributed by atoms with van der Waals surface area (Å²) in [5.74, 6) is -0.224. The molecule has 20 heavy (non-hydrogen) atoms. The number of aryl methyl sites for hydroxylation is 3. The van der Waals surface area contributed by atoms with Gasteiger partial charge in [-0.3, -0.25) is 9.48 Å². The smallest absolute Gasteiger partial charge is 0.272 e. The molecule has 0 fully saturated rings. The molecule has 0 aliphatic carbocycles. The quantitative estimate of drug-likeness (QED) is 0.900. The summed E-state index contributed by atoms with van der Waals surface area (Å²) in [5.41, 5.74) is 8.54. The van der Waals surface area contributed by atoms with E-state index in [9.17, 15) is 4.79 Å². The van der Waals surface area contributed by atoms with E-state index in [0.29, 0.717) is 17.8 Å². The van der Waals surface area contributed by atoms with Crippen molar-refractivity contribution in [3.05, 3.63) is 27.5 Å². The second kappa shape index (κ2) is 5.62. The molecule has 3 N–H and O–H groups in total. The molecular formula is C13H19N5OS. The molecule has 2 aromatic rings. The third kappa shape index (κ3) is 2.67. The van der Waals surface area contributed by atoms with Crippen molar-refractivity contribution in [3.8, 4) is 0 Å². The van der Waals surface area contributed by atoms with Crippen LogP contribution in [0.25, 0.3) is 0 Å². The van der Waals surface area contributed by atoms with Crippen LogP contribution in [-0.2, 0) is 13.5 Å². The Balaban J connectivity index is 2.18. The number of nitrogen functional groups attached to an aromatic ring is 1. The van der Waals surface area contributed by atoms with Gasteiger partial charge in [0.15, 0.2) is 0 Å². The van der Waals surface area contributed by atoms with Gasteiger partial charge < -0.3 is 11.1 Å². The molecule has 1 unspecified atom stereocenters. The molecule has 1 amide bonds. The van der Waals surface area contributed by atoms with Crippen LogP contribution in [0.5, 0.6) is 0 Å². The van der Waals surface area contributed by atoms with Gasteiger partial charge >= 0.3 is 0 Å². The van der Waals surface area contributed by atoms with Gasteiger partial charge in [0.25, 0.3) is 5.91 Å². The van der Waals surface area contributed by atoms with Crippen molar-refractivity contribution in [2.45, 2.75) is 33.2 Å². The second-order valence-corrected chi connectivity index (χ2v) is 5.60. The van der Waals surface area contributed by atoms with E-state index in [4.69, 9.17) is 5.73 Å². The fourth-order valence-corrected chi connectivity index (χ4v) is 2.83. The lowest BCUT2D eigenvalue weighted by atomic mass is 10.2. The van der Waals surface area contributed by atoms with Gasteiger partial charge in [-0.15, -0.1) is 11.3 Å². The maximum atomic E-state index is 12.3. The molecule has 2 rings (SSSR count). The van der Waals surface area contributed by atoms with E-state index >= 15 is 0 Å². The summed E-state index contributed by atoms with van der Waals surface area (Å²) in [6.07, 6.45) is 0.703. The van der Waals surface area contributed by atoms with Gasteiger partial charge in [0.2, 0.25) is 0 Å². The summed E-state index contributed by atoms with van der Waals surface area (Å²) in [6.45, 7) is 5.80. The molecule has 0 saturated carbocycles. The van der Waals surface area contributed by atoms with Crippen LogP contribution in [0.4, 0.5) is 5.69 Å². The highest BCUT2D eigenvalue weighted by Gasteiger charge is 2.21. The number of hydrogen-bond acceptors (Lipinski definition) is 5. The highest BCUT2D eigenvalue weighted by atomic mass is 32.1. The van der Waals surface area contributed by atoms with Crippen LogP contribution in [0.1, 0.15) is 46.8 Å². The number of rotatable bonds is 4. The number of nitrogens with zero attached hydrogens (tertiary/aromatic N) is 3. The van der Waals surface area contributed by atoms with Crippen LogP contribution < -0.4 is 11.1 Å². The van der Waals surface area contributed by atoms with Crippen molar-refractivity contribution in [2.24, 2.45) is 7.05 Å². The first-order valence-electron chi connectivity index (χ1n) is 6.48. The van der Waals surface area contributed by atoms with Crippen molar-refractivity contribution in [1.82, 2.24) is 20.1 Å². The summed E-state index contributed by atoms with van der Waals surface area (Å²) in [7, 11) is 1.72. The second-order valence-electron chi connectivity index (χ2n) is 4.71. The standard InChI is InChI=1S/C13H19N5OS/c1-5-9-10(14)11(18(4)17-9)12(19)16-8(3)13-15-7(2)6-20-13/h6,8H,5,14H2,1-4H3,(H,16,19). The molecule has 0 aliphatic heterocycles. The molecular weight excluding hydrogens is 274 g/mol. The predicted octanol–water partition coefficient (Wildman–Crippen LogP) is 1.82. The highest BCUT2D eigenvalue weighted by Crippen LogP contribution is 2.20. The maximum absolute atomic E-state index is 12.3. The predicted molar refractivity (Wildman–Crippen MR) is 79.7 cm³/mol. The third-order valence-electron chi connectivity index (χ3n) is 3.07. The Morgan fingerprint density at radius 3 is 2.80 bits per heavy atom. The number of amides is 1. The SMILES string of the molecule is CCc1nn(C)c(C(=O)NC(C)c2nc(C)cs2)c1N. The largest absolute Gasteiger partial charge is 0.395 e. The van der Waals surface area contributed by atoms with Gasteiger partial charge in [-0.2, -0.15) is 5.10 Å². The van der Waals surface area contributed by atoms with E-state index in [2.05, 4.69) is 15.4 Å². The molecule has 108 valence electrons. The third-order valence-corrected chi connectivity index (χ3v) is 4.21.